The fourth-order valence-corrected chi connectivity index (χ4v) is 4.25. The van der Waals surface area contributed by atoms with Gasteiger partial charge in [-0.2, -0.15) is 0 Å². The second-order valence-electron chi connectivity index (χ2n) is 8.37. The highest BCUT2D eigenvalue weighted by Crippen LogP contribution is 2.37. The molecule has 1 aliphatic rings. The van der Waals surface area contributed by atoms with Crippen molar-refractivity contribution in [2.75, 3.05) is 25.1 Å². The van der Waals surface area contributed by atoms with E-state index in [1.807, 2.05) is 80.3 Å². The number of nitrogens with zero attached hydrogens (tertiary/aromatic N) is 3. The van der Waals surface area contributed by atoms with Crippen molar-refractivity contribution in [3.05, 3.63) is 94.9 Å². The van der Waals surface area contributed by atoms with E-state index in [-0.39, 0.29) is 11.8 Å². The van der Waals surface area contributed by atoms with Gasteiger partial charge in [0.15, 0.2) is 0 Å². The smallest absolute Gasteiger partial charge is 0.282 e. The summed E-state index contributed by atoms with van der Waals surface area (Å²) in [6.07, 6.45) is 4.26. The molecule has 0 radical (unpaired) electrons. The van der Waals surface area contributed by atoms with Gasteiger partial charge in [0.1, 0.15) is 11.4 Å². The number of hydrogen-bond acceptors (Lipinski definition) is 5. The lowest BCUT2D eigenvalue weighted by Gasteiger charge is -2.25. The number of aromatic nitrogens is 1. The number of pyridine rings is 1. The fourth-order valence-electron chi connectivity index (χ4n) is 4.25. The van der Waals surface area contributed by atoms with Crippen LogP contribution in [-0.2, 0) is 16.0 Å². The Labute approximate surface area is 200 Å². The molecule has 6 heteroatoms. The molecule has 0 unspecified atom stereocenters. The van der Waals surface area contributed by atoms with Crippen LogP contribution in [0, 0.1) is 13.8 Å². The Balaban J connectivity index is 1.79. The minimum atomic E-state index is -0.304. The number of carbonyl (C=O) groups is 2. The second-order valence-corrected chi connectivity index (χ2v) is 8.37. The van der Waals surface area contributed by atoms with E-state index in [4.69, 9.17) is 4.74 Å². The van der Waals surface area contributed by atoms with Gasteiger partial charge in [0.05, 0.1) is 18.4 Å². The van der Waals surface area contributed by atoms with Crippen molar-refractivity contribution in [3.63, 3.8) is 0 Å². The quantitative estimate of drug-likeness (QED) is 0.466. The zero-order valence-corrected chi connectivity index (χ0v) is 20.0. The number of aryl methyl sites for hydroxylation is 2. The largest absolute Gasteiger partial charge is 0.497 e. The van der Waals surface area contributed by atoms with E-state index in [0.717, 1.165) is 23.1 Å². The third-order valence-electron chi connectivity index (χ3n) is 6.16. The summed E-state index contributed by atoms with van der Waals surface area (Å²) in [7, 11) is 1.60. The van der Waals surface area contributed by atoms with Crippen LogP contribution in [0.2, 0.25) is 0 Å². The molecule has 0 saturated carbocycles. The van der Waals surface area contributed by atoms with Crippen LogP contribution in [0.25, 0.3) is 5.57 Å². The van der Waals surface area contributed by atoms with E-state index in [1.165, 1.54) is 4.90 Å². The zero-order valence-electron chi connectivity index (χ0n) is 20.0. The van der Waals surface area contributed by atoms with Gasteiger partial charge in [-0.3, -0.25) is 14.6 Å². The minimum Gasteiger partial charge on any atom is -0.497 e. The Morgan fingerprint density at radius 3 is 2.29 bits per heavy atom. The number of ether oxygens (including phenoxy) is 1. The van der Waals surface area contributed by atoms with Crippen molar-refractivity contribution in [2.45, 2.75) is 27.2 Å². The van der Waals surface area contributed by atoms with Crippen LogP contribution in [0.1, 0.15) is 29.2 Å². The molecule has 34 heavy (non-hydrogen) atoms. The van der Waals surface area contributed by atoms with Gasteiger partial charge < -0.3 is 9.64 Å². The predicted molar refractivity (Wildman–Crippen MR) is 134 cm³/mol. The van der Waals surface area contributed by atoms with Gasteiger partial charge in [-0.25, -0.2) is 4.90 Å². The van der Waals surface area contributed by atoms with Gasteiger partial charge in [-0.1, -0.05) is 24.3 Å². The molecule has 1 aromatic heterocycles. The first-order valence-electron chi connectivity index (χ1n) is 11.4. The molecule has 1 aliphatic heterocycles. The van der Waals surface area contributed by atoms with Crippen molar-refractivity contribution in [2.24, 2.45) is 0 Å². The lowest BCUT2D eigenvalue weighted by atomic mass is 10.0. The lowest BCUT2D eigenvalue weighted by molar-refractivity contribution is -0.120. The number of carbonyl (C=O) groups excluding carboxylic acids is 2. The van der Waals surface area contributed by atoms with Gasteiger partial charge in [-0.15, -0.1) is 0 Å². The molecule has 0 aliphatic carbocycles. The molecule has 2 aromatic carbocycles. The van der Waals surface area contributed by atoms with E-state index in [9.17, 15) is 9.59 Å². The van der Waals surface area contributed by atoms with Gasteiger partial charge in [0, 0.05) is 25.5 Å². The highest BCUT2D eigenvalue weighted by atomic mass is 16.5. The summed E-state index contributed by atoms with van der Waals surface area (Å²) in [6.45, 7) is 7.08. The second kappa shape index (κ2) is 9.91. The lowest BCUT2D eigenvalue weighted by Crippen LogP contribution is -2.36. The molecule has 4 rings (SSSR count). The van der Waals surface area contributed by atoms with Crippen LogP contribution in [0.15, 0.2) is 72.7 Å². The maximum Gasteiger partial charge on any atom is 0.282 e. The van der Waals surface area contributed by atoms with Crippen LogP contribution >= 0.6 is 0 Å². The molecule has 2 heterocycles. The molecule has 0 N–H and O–H groups in total. The molecule has 0 spiro atoms. The summed E-state index contributed by atoms with van der Waals surface area (Å²) >= 11 is 0. The third-order valence-corrected chi connectivity index (χ3v) is 6.16. The highest BCUT2D eigenvalue weighted by molar-refractivity contribution is 6.45. The maximum atomic E-state index is 13.9. The molecule has 0 bridgehead atoms. The number of likely N-dealkylation sites (N-methyl/N-ethyl adjacent to an activating group) is 1. The molecule has 6 nitrogen and oxygen atoms in total. The van der Waals surface area contributed by atoms with Crippen LogP contribution in [0.4, 0.5) is 5.69 Å². The summed E-state index contributed by atoms with van der Waals surface area (Å²) < 4.78 is 5.29. The molecular formula is C28H29N3O3. The topological polar surface area (TPSA) is 62.7 Å². The number of anilines is 1. The first-order valence-corrected chi connectivity index (χ1v) is 11.4. The van der Waals surface area contributed by atoms with Gasteiger partial charge in [0.25, 0.3) is 11.8 Å². The Bertz CT molecular complexity index is 1230. The van der Waals surface area contributed by atoms with Crippen LogP contribution in [-0.4, -0.2) is 41.9 Å². The zero-order chi connectivity index (χ0) is 24.2. The Kier molecular flexibility index (Phi) is 6.77. The molecule has 0 saturated heterocycles. The highest BCUT2D eigenvalue weighted by Gasteiger charge is 2.42. The summed E-state index contributed by atoms with van der Waals surface area (Å²) in [5.41, 5.74) is 5.18. The third kappa shape index (κ3) is 4.44. The van der Waals surface area contributed by atoms with E-state index in [0.29, 0.717) is 41.4 Å². The number of benzene rings is 2. The summed E-state index contributed by atoms with van der Waals surface area (Å²) in [4.78, 5) is 35.1. The number of methoxy groups -OCH3 is 1. The standard InChI is InChI=1S/C28H29N3O3/c1-5-30(17-14-21-12-15-29-16-13-21)26-25(22-8-10-23(34-4)11-9-22)27(32)31(28(26)33)24-18-19(2)6-7-20(24)3/h6-13,15-16,18H,5,14,17H2,1-4H3. The minimum absolute atomic E-state index is 0.291. The van der Waals surface area contributed by atoms with Crippen molar-refractivity contribution < 1.29 is 14.3 Å². The number of rotatable bonds is 8. The summed E-state index contributed by atoms with van der Waals surface area (Å²) in [5, 5.41) is 0. The SMILES string of the molecule is CCN(CCc1ccncc1)C1=C(c2ccc(OC)cc2)C(=O)N(c2cc(C)ccc2C)C1=O. The van der Waals surface area contributed by atoms with Gasteiger partial charge >= 0.3 is 0 Å². The van der Waals surface area contributed by atoms with E-state index in [1.54, 1.807) is 19.5 Å². The van der Waals surface area contributed by atoms with E-state index in [2.05, 4.69) is 4.98 Å². The fraction of sp³-hybridized carbons (Fsp3) is 0.250. The first-order chi connectivity index (χ1) is 16.4. The van der Waals surface area contributed by atoms with Crippen LogP contribution in [0.3, 0.4) is 0 Å². The van der Waals surface area contributed by atoms with Crippen LogP contribution < -0.4 is 9.64 Å². The molecule has 174 valence electrons. The molecule has 3 aromatic rings. The number of hydrogen-bond donors (Lipinski definition) is 0. The van der Waals surface area contributed by atoms with E-state index < -0.39 is 0 Å². The van der Waals surface area contributed by atoms with Gasteiger partial charge in [-0.05, 0) is 79.8 Å². The monoisotopic (exact) mass is 455 g/mol. The molecule has 2 amide bonds. The Morgan fingerprint density at radius 2 is 1.65 bits per heavy atom. The average Bonchev–Trinajstić information content (AvgIpc) is 3.11. The van der Waals surface area contributed by atoms with Gasteiger partial charge in [0.2, 0.25) is 0 Å². The van der Waals surface area contributed by atoms with Crippen molar-refractivity contribution >= 4 is 23.1 Å². The van der Waals surface area contributed by atoms with Crippen LogP contribution in [0.5, 0.6) is 5.75 Å². The number of imide groups is 1. The Morgan fingerprint density at radius 1 is 0.941 bits per heavy atom. The predicted octanol–water partition coefficient (Wildman–Crippen LogP) is 4.56. The maximum absolute atomic E-state index is 13.9. The summed E-state index contributed by atoms with van der Waals surface area (Å²) in [5.74, 6) is 0.0985. The number of amides is 2. The molecule has 0 atom stereocenters. The summed E-state index contributed by atoms with van der Waals surface area (Å²) in [6, 6.07) is 17.1. The average molecular weight is 456 g/mol. The molecule has 0 fully saturated rings. The van der Waals surface area contributed by atoms with Crippen molar-refractivity contribution in [3.8, 4) is 5.75 Å². The van der Waals surface area contributed by atoms with Crippen molar-refractivity contribution in [1.82, 2.24) is 9.88 Å². The Hall–Kier alpha value is -3.93. The van der Waals surface area contributed by atoms with E-state index >= 15 is 0 Å². The van der Waals surface area contributed by atoms with Crippen molar-refractivity contribution in [1.29, 1.82) is 0 Å². The molecular weight excluding hydrogens is 426 g/mol. The first kappa shape index (κ1) is 23.2. The normalized spacial score (nSPS) is 13.6.